The van der Waals surface area contributed by atoms with E-state index in [9.17, 15) is 4.79 Å². The molecule has 1 aromatic carbocycles. The Morgan fingerprint density at radius 1 is 1.40 bits per heavy atom. The van der Waals surface area contributed by atoms with E-state index in [1.165, 1.54) is 0 Å². The Morgan fingerprint density at radius 2 is 2.28 bits per heavy atom. The second-order valence-corrected chi connectivity index (χ2v) is 6.51. The minimum absolute atomic E-state index is 0.0869. The van der Waals surface area contributed by atoms with Gasteiger partial charge >= 0.3 is 0 Å². The summed E-state index contributed by atoms with van der Waals surface area (Å²) in [4.78, 5) is 16.9. The van der Waals surface area contributed by atoms with Crippen molar-refractivity contribution in [2.75, 3.05) is 7.11 Å². The molecule has 0 spiro atoms. The number of carbonyl (C=O) groups is 1. The quantitative estimate of drug-likeness (QED) is 0.790. The van der Waals surface area contributed by atoms with E-state index in [1.807, 2.05) is 37.6 Å². The minimum atomic E-state index is -0.162. The van der Waals surface area contributed by atoms with Gasteiger partial charge in [-0.2, -0.15) is 0 Å². The van der Waals surface area contributed by atoms with Crippen LogP contribution in [-0.4, -0.2) is 28.6 Å². The number of aryl methyl sites for hydroxylation is 1. The monoisotopic (exact) mass is 339 g/mol. The van der Waals surface area contributed by atoms with E-state index in [2.05, 4.69) is 14.9 Å². The van der Waals surface area contributed by atoms with Crippen LogP contribution < -0.4 is 10.1 Å². The van der Waals surface area contributed by atoms with Gasteiger partial charge < -0.3 is 19.0 Å². The highest BCUT2D eigenvalue weighted by Gasteiger charge is 2.31. The van der Waals surface area contributed by atoms with E-state index in [-0.39, 0.29) is 18.0 Å². The Morgan fingerprint density at radius 3 is 3.04 bits per heavy atom. The van der Waals surface area contributed by atoms with Crippen LogP contribution in [0.1, 0.15) is 41.4 Å². The van der Waals surface area contributed by atoms with Crippen LogP contribution >= 0.6 is 0 Å². The molecule has 0 unspecified atom stereocenters. The lowest BCUT2D eigenvalue weighted by molar-refractivity contribution is 0.0902. The van der Waals surface area contributed by atoms with Gasteiger partial charge in [-0.3, -0.25) is 4.79 Å². The van der Waals surface area contributed by atoms with Crippen LogP contribution in [0.25, 0.3) is 11.0 Å². The fourth-order valence-electron chi connectivity index (χ4n) is 3.71. The van der Waals surface area contributed by atoms with Gasteiger partial charge in [0, 0.05) is 23.3 Å². The number of methoxy groups -OCH3 is 1. The third-order valence-corrected chi connectivity index (χ3v) is 5.05. The average molecular weight is 339 g/mol. The van der Waals surface area contributed by atoms with E-state index < -0.39 is 0 Å². The summed E-state index contributed by atoms with van der Waals surface area (Å²) >= 11 is 0. The summed E-state index contributed by atoms with van der Waals surface area (Å²) < 4.78 is 13.1. The molecule has 6 nitrogen and oxygen atoms in total. The van der Waals surface area contributed by atoms with Gasteiger partial charge in [-0.05, 0) is 44.4 Å². The van der Waals surface area contributed by atoms with Crippen molar-refractivity contribution in [2.45, 2.75) is 38.3 Å². The summed E-state index contributed by atoms with van der Waals surface area (Å²) in [5, 5.41) is 4.06. The molecule has 0 aliphatic heterocycles. The molecule has 0 radical (unpaired) electrons. The third-order valence-electron chi connectivity index (χ3n) is 5.05. The number of benzene rings is 1. The van der Waals surface area contributed by atoms with Crippen LogP contribution in [0, 0.1) is 6.92 Å². The smallest absolute Gasteiger partial charge is 0.287 e. The average Bonchev–Trinajstić information content (AvgIpc) is 3.35. The van der Waals surface area contributed by atoms with Gasteiger partial charge in [0.1, 0.15) is 11.3 Å². The predicted molar refractivity (Wildman–Crippen MR) is 93.9 cm³/mol. The highest BCUT2D eigenvalue weighted by Crippen LogP contribution is 2.32. The number of imidazole rings is 1. The molecule has 25 heavy (non-hydrogen) atoms. The molecule has 2 aromatic heterocycles. The second-order valence-electron chi connectivity index (χ2n) is 6.51. The molecule has 1 saturated carbocycles. The van der Waals surface area contributed by atoms with Crippen LogP contribution in [0.5, 0.6) is 5.75 Å². The molecule has 1 N–H and O–H groups in total. The second kappa shape index (κ2) is 6.27. The first kappa shape index (κ1) is 15.7. The largest absolute Gasteiger partial charge is 0.497 e. The van der Waals surface area contributed by atoms with Crippen LogP contribution in [-0.2, 0) is 0 Å². The third kappa shape index (κ3) is 2.77. The Labute approximate surface area is 145 Å². The first-order chi connectivity index (χ1) is 12.2. The molecule has 6 heteroatoms. The highest BCUT2D eigenvalue weighted by atomic mass is 16.5. The van der Waals surface area contributed by atoms with Crippen molar-refractivity contribution in [1.29, 1.82) is 0 Å². The van der Waals surface area contributed by atoms with E-state index in [1.54, 1.807) is 13.3 Å². The number of hydrogen-bond donors (Lipinski definition) is 1. The number of fused-ring (bicyclic) bond motifs is 1. The van der Waals surface area contributed by atoms with Gasteiger partial charge in [0.15, 0.2) is 5.76 Å². The number of amides is 1. The van der Waals surface area contributed by atoms with Crippen molar-refractivity contribution in [2.24, 2.45) is 0 Å². The van der Waals surface area contributed by atoms with Crippen LogP contribution in [0.2, 0.25) is 0 Å². The summed E-state index contributed by atoms with van der Waals surface area (Å²) in [6.45, 7) is 1.90. The Balaban J connectivity index is 1.59. The zero-order chi connectivity index (χ0) is 17.4. The van der Waals surface area contributed by atoms with Gasteiger partial charge in [0.05, 0.1) is 25.5 Å². The highest BCUT2D eigenvalue weighted by molar-refractivity contribution is 5.99. The number of hydrogen-bond acceptors (Lipinski definition) is 4. The summed E-state index contributed by atoms with van der Waals surface area (Å²) in [7, 11) is 1.63. The zero-order valence-corrected chi connectivity index (χ0v) is 14.4. The van der Waals surface area contributed by atoms with Gasteiger partial charge in [0.25, 0.3) is 5.91 Å². The van der Waals surface area contributed by atoms with Crippen LogP contribution in [0.3, 0.4) is 0 Å². The molecule has 1 aliphatic carbocycles. The lowest BCUT2D eigenvalue weighted by Gasteiger charge is -2.21. The zero-order valence-electron chi connectivity index (χ0n) is 14.4. The van der Waals surface area contributed by atoms with E-state index >= 15 is 0 Å². The van der Waals surface area contributed by atoms with Gasteiger partial charge in [-0.15, -0.1) is 0 Å². The molecular formula is C19H21N3O3. The van der Waals surface area contributed by atoms with Crippen molar-refractivity contribution >= 4 is 16.9 Å². The lowest BCUT2D eigenvalue weighted by atomic mass is 10.1. The summed E-state index contributed by atoms with van der Waals surface area (Å²) in [6, 6.07) is 5.90. The lowest BCUT2D eigenvalue weighted by Crippen LogP contribution is -2.38. The van der Waals surface area contributed by atoms with Gasteiger partial charge in [-0.25, -0.2) is 4.98 Å². The Hall–Kier alpha value is -2.76. The number of ether oxygens (including phenoxy) is 1. The fraction of sp³-hybridized carbons (Fsp3) is 0.368. The SMILES string of the molecule is COc1ccc2oc(C(=O)N[C@@H]3CCC[C@@H]3n3ccnc3)c(C)c2c1. The Bertz CT molecular complexity index is 898. The van der Waals surface area contributed by atoms with Crippen molar-refractivity contribution in [1.82, 2.24) is 14.9 Å². The molecule has 2 atom stereocenters. The number of aromatic nitrogens is 2. The molecule has 1 amide bonds. The van der Waals surface area contributed by atoms with Crippen molar-refractivity contribution in [3.8, 4) is 5.75 Å². The van der Waals surface area contributed by atoms with E-state index in [0.717, 1.165) is 36.0 Å². The minimum Gasteiger partial charge on any atom is -0.497 e. The summed E-state index contributed by atoms with van der Waals surface area (Å²) in [5.41, 5.74) is 1.53. The standard InChI is InChI=1S/C19H21N3O3/c1-12-14-10-13(24-2)6-7-17(14)25-18(12)19(23)21-15-4-3-5-16(15)22-9-8-20-11-22/h6-11,15-16H,3-5H2,1-2H3,(H,21,23)/t15-,16+/m1/s1. The molecular weight excluding hydrogens is 318 g/mol. The molecule has 2 heterocycles. The molecule has 1 fully saturated rings. The summed E-state index contributed by atoms with van der Waals surface area (Å²) in [5.74, 6) is 0.962. The van der Waals surface area contributed by atoms with E-state index in [0.29, 0.717) is 11.3 Å². The van der Waals surface area contributed by atoms with Gasteiger partial charge in [0.2, 0.25) is 0 Å². The molecule has 130 valence electrons. The molecule has 3 aromatic rings. The van der Waals surface area contributed by atoms with Crippen LogP contribution in [0.4, 0.5) is 0 Å². The maximum Gasteiger partial charge on any atom is 0.287 e. The number of nitrogens with zero attached hydrogens (tertiary/aromatic N) is 2. The molecule has 0 bridgehead atoms. The topological polar surface area (TPSA) is 69.3 Å². The van der Waals surface area contributed by atoms with Gasteiger partial charge in [-0.1, -0.05) is 0 Å². The molecule has 0 saturated heterocycles. The number of nitrogens with one attached hydrogen (secondary N) is 1. The first-order valence-electron chi connectivity index (χ1n) is 8.53. The maximum absolute atomic E-state index is 12.8. The number of furan rings is 1. The Kier molecular flexibility index (Phi) is 3.95. The predicted octanol–water partition coefficient (Wildman–Crippen LogP) is 3.47. The van der Waals surface area contributed by atoms with Crippen molar-refractivity contribution in [3.05, 3.63) is 48.2 Å². The fourth-order valence-corrected chi connectivity index (χ4v) is 3.71. The first-order valence-corrected chi connectivity index (χ1v) is 8.53. The number of rotatable bonds is 4. The summed E-state index contributed by atoms with van der Waals surface area (Å²) in [6.07, 6.45) is 8.62. The number of carbonyl (C=O) groups excluding carboxylic acids is 1. The van der Waals surface area contributed by atoms with E-state index in [4.69, 9.17) is 9.15 Å². The van der Waals surface area contributed by atoms with Crippen molar-refractivity contribution < 1.29 is 13.9 Å². The molecule has 1 aliphatic rings. The molecule has 4 rings (SSSR count). The van der Waals surface area contributed by atoms with Crippen molar-refractivity contribution in [3.63, 3.8) is 0 Å². The maximum atomic E-state index is 12.8. The van der Waals surface area contributed by atoms with Crippen LogP contribution in [0.15, 0.2) is 41.3 Å². The normalized spacial score (nSPS) is 20.1.